The van der Waals surface area contributed by atoms with Gasteiger partial charge >= 0.3 is 0 Å². The maximum absolute atomic E-state index is 13.4. The summed E-state index contributed by atoms with van der Waals surface area (Å²) < 4.78 is 13.4. The summed E-state index contributed by atoms with van der Waals surface area (Å²) in [6, 6.07) is 0. The second kappa shape index (κ2) is 3.96. The van der Waals surface area contributed by atoms with Crippen molar-refractivity contribution >= 4 is 11.3 Å². The smallest absolute Gasteiger partial charge is 0.146 e. The molecule has 2 N–H and O–H groups in total. The third-order valence-electron chi connectivity index (χ3n) is 1.79. The number of nitrogens with zero attached hydrogens (tertiary/aromatic N) is 1. The number of thiazole rings is 1. The van der Waals surface area contributed by atoms with Gasteiger partial charge in [-0.1, -0.05) is 6.92 Å². The van der Waals surface area contributed by atoms with Crippen LogP contribution >= 0.6 is 11.3 Å². The first-order valence-electron chi connectivity index (χ1n) is 3.91. The molecule has 0 aliphatic heterocycles. The molecule has 0 aromatic carbocycles. The number of aromatic nitrogens is 1. The Morgan fingerprint density at radius 3 is 2.83 bits per heavy atom. The van der Waals surface area contributed by atoms with Gasteiger partial charge in [0, 0.05) is 11.3 Å². The molecule has 4 heteroatoms. The molecule has 0 saturated heterocycles. The predicted octanol–water partition coefficient (Wildman–Crippen LogP) is 2.06. The molecule has 68 valence electrons. The minimum absolute atomic E-state index is 0.147. The molecule has 0 spiro atoms. The van der Waals surface area contributed by atoms with Crippen LogP contribution < -0.4 is 5.73 Å². The molecule has 2 atom stereocenters. The number of rotatable bonds is 3. The van der Waals surface area contributed by atoms with Crippen molar-refractivity contribution in [2.24, 2.45) is 11.7 Å². The molecule has 2 unspecified atom stereocenters. The zero-order chi connectivity index (χ0) is 9.14. The summed E-state index contributed by atoms with van der Waals surface area (Å²) >= 11 is 1.47. The zero-order valence-electron chi connectivity index (χ0n) is 7.25. The van der Waals surface area contributed by atoms with E-state index in [1.165, 1.54) is 11.3 Å². The van der Waals surface area contributed by atoms with Crippen LogP contribution in [-0.4, -0.2) is 11.5 Å². The van der Waals surface area contributed by atoms with Crippen LogP contribution in [0.5, 0.6) is 0 Å². The van der Waals surface area contributed by atoms with Crippen molar-refractivity contribution in [2.75, 3.05) is 6.54 Å². The van der Waals surface area contributed by atoms with Gasteiger partial charge in [-0.25, -0.2) is 9.37 Å². The molecule has 0 amide bonds. The first-order valence-corrected chi connectivity index (χ1v) is 4.79. The van der Waals surface area contributed by atoms with Gasteiger partial charge in [0.1, 0.15) is 6.17 Å². The van der Waals surface area contributed by atoms with Crippen LogP contribution in [0.15, 0.2) is 5.38 Å². The van der Waals surface area contributed by atoms with Gasteiger partial charge in [0.15, 0.2) is 0 Å². The maximum Gasteiger partial charge on any atom is 0.146 e. The van der Waals surface area contributed by atoms with Crippen LogP contribution in [0.4, 0.5) is 4.39 Å². The first-order chi connectivity index (χ1) is 5.65. The van der Waals surface area contributed by atoms with E-state index < -0.39 is 6.17 Å². The van der Waals surface area contributed by atoms with E-state index in [4.69, 9.17) is 5.73 Å². The minimum Gasteiger partial charge on any atom is -0.330 e. The standard InChI is InChI=1S/C8H13FN2S/c1-5(3-10)8(9)7-4-12-6(2)11-7/h4-5,8H,3,10H2,1-2H3. The van der Waals surface area contributed by atoms with E-state index in [2.05, 4.69) is 4.98 Å². The molecule has 0 aliphatic carbocycles. The lowest BCUT2D eigenvalue weighted by molar-refractivity contribution is 0.246. The highest BCUT2D eigenvalue weighted by molar-refractivity contribution is 7.09. The third-order valence-corrected chi connectivity index (χ3v) is 2.58. The van der Waals surface area contributed by atoms with Crippen molar-refractivity contribution in [3.63, 3.8) is 0 Å². The Morgan fingerprint density at radius 1 is 1.75 bits per heavy atom. The molecule has 0 aliphatic rings. The quantitative estimate of drug-likeness (QED) is 0.788. The highest BCUT2D eigenvalue weighted by Gasteiger charge is 2.19. The fourth-order valence-electron chi connectivity index (χ4n) is 0.918. The van der Waals surface area contributed by atoms with Crippen LogP contribution in [-0.2, 0) is 0 Å². The second-order valence-corrected chi connectivity index (χ2v) is 3.97. The average molecular weight is 188 g/mol. The van der Waals surface area contributed by atoms with Gasteiger partial charge in [0.2, 0.25) is 0 Å². The van der Waals surface area contributed by atoms with Crippen LogP contribution in [0.25, 0.3) is 0 Å². The van der Waals surface area contributed by atoms with Crippen LogP contribution in [0.2, 0.25) is 0 Å². The van der Waals surface area contributed by atoms with Crippen molar-refractivity contribution in [3.8, 4) is 0 Å². The summed E-state index contributed by atoms with van der Waals surface area (Å²) in [5, 5.41) is 2.66. The minimum atomic E-state index is -1.01. The lowest BCUT2D eigenvalue weighted by Gasteiger charge is -2.11. The molecular weight excluding hydrogens is 175 g/mol. The SMILES string of the molecule is Cc1nc(C(F)C(C)CN)cs1. The molecule has 0 fully saturated rings. The van der Waals surface area contributed by atoms with Crippen LogP contribution in [0.1, 0.15) is 23.8 Å². The van der Waals surface area contributed by atoms with Gasteiger partial charge in [0.05, 0.1) is 10.7 Å². The largest absolute Gasteiger partial charge is 0.330 e. The predicted molar refractivity (Wildman–Crippen MR) is 48.9 cm³/mol. The fourth-order valence-corrected chi connectivity index (χ4v) is 1.55. The van der Waals surface area contributed by atoms with E-state index in [0.29, 0.717) is 12.2 Å². The number of nitrogens with two attached hydrogens (primary N) is 1. The monoisotopic (exact) mass is 188 g/mol. The Hall–Kier alpha value is -0.480. The first kappa shape index (κ1) is 9.61. The van der Waals surface area contributed by atoms with Gasteiger partial charge in [-0.05, 0) is 13.5 Å². The van der Waals surface area contributed by atoms with E-state index in [-0.39, 0.29) is 5.92 Å². The highest BCUT2D eigenvalue weighted by atomic mass is 32.1. The Bertz CT molecular complexity index is 249. The maximum atomic E-state index is 13.4. The summed E-state index contributed by atoms with van der Waals surface area (Å²) in [6.45, 7) is 4.02. The normalized spacial score (nSPS) is 16.0. The lowest BCUT2D eigenvalue weighted by atomic mass is 10.0. The van der Waals surface area contributed by atoms with Gasteiger partial charge in [-0.2, -0.15) is 0 Å². The Morgan fingerprint density at radius 2 is 2.42 bits per heavy atom. The van der Waals surface area contributed by atoms with E-state index in [9.17, 15) is 4.39 Å². The summed E-state index contributed by atoms with van der Waals surface area (Å²) in [5.41, 5.74) is 5.88. The molecule has 12 heavy (non-hydrogen) atoms. The Balaban J connectivity index is 2.70. The summed E-state index contributed by atoms with van der Waals surface area (Å²) in [5.74, 6) is -0.147. The van der Waals surface area contributed by atoms with E-state index >= 15 is 0 Å². The molecule has 1 aromatic rings. The van der Waals surface area contributed by atoms with Crippen molar-refractivity contribution in [1.29, 1.82) is 0 Å². The Kier molecular flexibility index (Phi) is 3.17. The van der Waals surface area contributed by atoms with E-state index in [1.807, 2.05) is 6.92 Å². The van der Waals surface area contributed by atoms with Crippen molar-refractivity contribution in [1.82, 2.24) is 4.98 Å². The molecule has 1 heterocycles. The van der Waals surface area contributed by atoms with Gasteiger partial charge in [0.25, 0.3) is 0 Å². The van der Waals surface area contributed by atoms with Crippen molar-refractivity contribution in [2.45, 2.75) is 20.0 Å². The van der Waals surface area contributed by atoms with Gasteiger partial charge in [-0.15, -0.1) is 11.3 Å². The molecule has 0 radical (unpaired) electrons. The summed E-state index contributed by atoms with van der Waals surface area (Å²) in [4.78, 5) is 4.07. The third kappa shape index (κ3) is 2.01. The molecule has 1 aromatic heterocycles. The molecule has 1 rings (SSSR count). The molecule has 2 nitrogen and oxygen atoms in total. The number of halogens is 1. The summed E-state index contributed by atoms with van der Waals surface area (Å²) in [6.07, 6.45) is -1.01. The number of aryl methyl sites for hydroxylation is 1. The Labute approximate surface area is 75.6 Å². The van der Waals surface area contributed by atoms with Crippen LogP contribution in [0, 0.1) is 12.8 Å². The van der Waals surface area contributed by atoms with Crippen LogP contribution in [0.3, 0.4) is 0 Å². The number of alkyl halides is 1. The molecular formula is C8H13FN2S. The molecule has 0 saturated carbocycles. The zero-order valence-corrected chi connectivity index (χ0v) is 8.07. The summed E-state index contributed by atoms with van der Waals surface area (Å²) in [7, 11) is 0. The topological polar surface area (TPSA) is 38.9 Å². The van der Waals surface area contributed by atoms with E-state index in [0.717, 1.165) is 5.01 Å². The van der Waals surface area contributed by atoms with E-state index in [1.54, 1.807) is 12.3 Å². The van der Waals surface area contributed by atoms with Gasteiger partial charge < -0.3 is 5.73 Å². The highest BCUT2D eigenvalue weighted by Crippen LogP contribution is 2.26. The van der Waals surface area contributed by atoms with Crippen molar-refractivity contribution < 1.29 is 4.39 Å². The molecule has 0 bridgehead atoms. The number of hydrogen-bond acceptors (Lipinski definition) is 3. The lowest BCUT2D eigenvalue weighted by Crippen LogP contribution is -2.16. The van der Waals surface area contributed by atoms with Gasteiger partial charge in [-0.3, -0.25) is 0 Å². The average Bonchev–Trinajstić information content (AvgIpc) is 2.49. The second-order valence-electron chi connectivity index (χ2n) is 2.91. The number of hydrogen-bond donors (Lipinski definition) is 1. The van der Waals surface area contributed by atoms with Crippen molar-refractivity contribution in [3.05, 3.63) is 16.1 Å². The fraction of sp³-hybridized carbons (Fsp3) is 0.625.